The van der Waals surface area contributed by atoms with Gasteiger partial charge in [-0.25, -0.2) is 4.39 Å². The lowest BCUT2D eigenvalue weighted by molar-refractivity contribution is -0.141. The third kappa shape index (κ3) is 6.35. The summed E-state index contributed by atoms with van der Waals surface area (Å²) in [5.41, 5.74) is 1.31. The molecule has 3 amide bonds. The van der Waals surface area contributed by atoms with Gasteiger partial charge in [-0.15, -0.1) is 0 Å². The van der Waals surface area contributed by atoms with Gasteiger partial charge in [0.1, 0.15) is 11.9 Å². The Hall–Kier alpha value is -3.94. The van der Waals surface area contributed by atoms with E-state index >= 15 is 0 Å². The first-order valence-corrected chi connectivity index (χ1v) is 11.7. The van der Waals surface area contributed by atoms with Crippen molar-refractivity contribution in [2.45, 2.75) is 44.3 Å². The molecule has 35 heavy (non-hydrogen) atoms. The summed E-state index contributed by atoms with van der Waals surface area (Å²) in [4.78, 5) is 40.8. The SMILES string of the molecule is O=C(NCC(=O)N(Cc1ccccc1)C(C(=O)NC1CCCC1)c1ccc(F)cc1)c1ccco1. The summed E-state index contributed by atoms with van der Waals surface area (Å²) in [6.07, 6.45) is 5.22. The van der Waals surface area contributed by atoms with Crippen LogP contribution in [0.2, 0.25) is 0 Å². The molecule has 1 fully saturated rings. The van der Waals surface area contributed by atoms with Gasteiger partial charge >= 0.3 is 0 Å². The minimum Gasteiger partial charge on any atom is -0.459 e. The summed E-state index contributed by atoms with van der Waals surface area (Å²) in [6.45, 7) is -0.197. The summed E-state index contributed by atoms with van der Waals surface area (Å²) in [7, 11) is 0. The molecule has 7 nitrogen and oxygen atoms in total. The van der Waals surface area contributed by atoms with E-state index in [9.17, 15) is 18.8 Å². The quantitative estimate of drug-likeness (QED) is 0.488. The van der Waals surface area contributed by atoms with Crippen LogP contribution in [0.4, 0.5) is 4.39 Å². The Labute approximate surface area is 203 Å². The first-order chi connectivity index (χ1) is 17.0. The number of furan rings is 1. The van der Waals surface area contributed by atoms with Crippen molar-refractivity contribution < 1.29 is 23.2 Å². The van der Waals surface area contributed by atoms with Crippen molar-refractivity contribution in [1.29, 1.82) is 0 Å². The smallest absolute Gasteiger partial charge is 0.287 e. The van der Waals surface area contributed by atoms with Crippen molar-refractivity contribution in [2.24, 2.45) is 0 Å². The Kier molecular flexibility index (Phi) is 7.92. The normalized spacial score (nSPS) is 14.3. The van der Waals surface area contributed by atoms with E-state index in [1.165, 1.54) is 41.5 Å². The average molecular weight is 478 g/mol. The van der Waals surface area contributed by atoms with Gasteiger partial charge in [0.25, 0.3) is 5.91 Å². The Balaban J connectivity index is 1.62. The third-order valence-electron chi connectivity index (χ3n) is 6.11. The number of carbonyl (C=O) groups excluding carboxylic acids is 3. The second kappa shape index (κ2) is 11.5. The van der Waals surface area contributed by atoms with Gasteiger partial charge in [-0.2, -0.15) is 0 Å². The van der Waals surface area contributed by atoms with Crippen molar-refractivity contribution in [3.8, 4) is 0 Å². The predicted molar refractivity (Wildman–Crippen MR) is 128 cm³/mol. The van der Waals surface area contributed by atoms with E-state index in [1.54, 1.807) is 6.07 Å². The van der Waals surface area contributed by atoms with E-state index in [1.807, 2.05) is 30.3 Å². The van der Waals surface area contributed by atoms with E-state index in [4.69, 9.17) is 4.42 Å². The molecule has 3 aromatic rings. The molecule has 0 aliphatic heterocycles. The molecule has 2 aromatic carbocycles. The van der Waals surface area contributed by atoms with Crippen molar-refractivity contribution >= 4 is 17.7 Å². The second-order valence-electron chi connectivity index (χ2n) is 8.61. The molecule has 0 saturated heterocycles. The molecule has 1 saturated carbocycles. The van der Waals surface area contributed by atoms with Crippen LogP contribution in [0.3, 0.4) is 0 Å². The first-order valence-electron chi connectivity index (χ1n) is 11.7. The summed E-state index contributed by atoms with van der Waals surface area (Å²) in [6, 6.07) is 17.0. The van der Waals surface area contributed by atoms with Crippen molar-refractivity contribution in [3.63, 3.8) is 0 Å². The van der Waals surface area contributed by atoms with Crippen LogP contribution in [0.5, 0.6) is 0 Å². The van der Waals surface area contributed by atoms with E-state index in [2.05, 4.69) is 10.6 Å². The lowest BCUT2D eigenvalue weighted by atomic mass is 10.0. The lowest BCUT2D eigenvalue weighted by Gasteiger charge is -2.32. The maximum atomic E-state index is 13.7. The first kappa shape index (κ1) is 24.2. The van der Waals surface area contributed by atoms with Gasteiger partial charge in [0.05, 0.1) is 12.8 Å². The monoisotopic (exact) mass is 477 g/mol. The van der Waals surface area contributed by atoms with Crippen LogP contribution >= 0.6 is 0 Å². The Bertz CT molecular complexity index is 1130. The number of carbonyl (C=O) groups is 3. The standard InChI is InChI=1S/C27H28FN3O4/c28-21-14-12-20(13-15-21)25(27(34)30-22-9-4-5-10-22)31(18-19-7-2-1-3-8-19)24(32)17-29-26(33)23-11-6-16-35-23/h1-3,6-8,11-16,22,25H,4-5,9-10,17-18H2,(H,29,33)(H,30,34). The van der Waals surface area contributed by atoms with Gasteiger partial charge in [0.15, 0.2) is 5.76 Å². The molecule has 1 unspecified atom stereocenters. The maximum absolute atomic E-state index is 13.7. The molecular formula is C27H28FN3O4. The number of halogens is 1. The zero-order valence-corrected chi connectivity index (χ0v) is 19.3. The van der Waals surface area contributed by atoms with Gasteiger partial charge in [-0.1, -0.05) is 55.3 Å². The molecule has 0 spiro atoms. The molecule has 2 N–H and O–H groups in total. The molecule has 1 heterocycles. The Morgan fingerprint density at radius 2 is 1.69 bits per heavy atom. The second-order valence-corrected chi connectivity index (χ2v) is 8.61. The van der Waals surface area contributed by atoms with Gasteiger partial charge < -0.3 is 20.0 Å². The number of nitrogens with zero attached hydrogens (tertiary/aromatic N) is 1. The highest BCUT2D eigenvalue weighted by Gasteiger charge is 2.33. The van der Waals surface area contributed by atoms with Crippen LogP contribution in [-0.4, -0.2) is 35.2 Å². The average Bonchev–Trinajstić information content (AvgIpc) is 3.58. The van der Waals surface area contributed by atoms with E-state index in [0.29, 0.717) is 5.56 Å². The largest absolute Gasteiger partial charge is 0.459 e. The molecule has 0 radical (unpaired) electrons. The maximum Gasteiger partial charge on any atom is 0.287 e. The van der Waals surface area contributed by atoms with E-state index in [-0.39, 0.29) is 30.8 Å². The highest BCUT2D eigenvalue weighted by Crippen LogP contribution is 2.26. The van der Waals surface area contributed by atoms with E-state index in [0.717, 1.165) is 31.2 Å². The molecule has 4 rings (SSSR count). The number of rotatable bonds is 9. The Morgan fingerprint density at radius 3 is 2.34 bits per heavy atom. The molecule has 182 valence electrons. The van der Waals surface area contributed by atoms with Crippen LogP contribution in [0.1, 0.15) is 53.4 Å². The molecule has 1 aliphatic carbocycles. The number of amides is 3. The third-order valence-corrected chi connectivity index (χ3v) is 6.11. The summed E-state index contributed by atoms with van der Waals surface area (Å²) >= 11 is 0. The van der Waals surface area contributed by atoms with E-state index < -0.39 is 23.7 Å². The van der Waals surface area contributed by atoms with Gasteiger partial charge in [0, 0.05) is 12.6 Å². The molecule has 0 bridgehead atoms. The molecule has 1 atom stereocenters. The van der Waals surface area contributed by atoms with Crippen LogP contribution < -0.4 is 10.6 Å². The van der Waals surface area contributed by atoms with Crippen molar-refractivity contribution in [1.82, 2.24) is 15.5 Å². The minimum atomic E-state index is -0.996. The van der Waals surface area contributed by atoms with Crippen molar-refractivity contribution in [3.05, 3.63) is 95.7 Å². The predicted octanol–water partition coefficient (Wildman–Crippen LogP) is 3.98. The molecule has 1 aliphatic rings. The fourth-order valence-electron chi connectivity index (χ4n) is 4.32. The lowest BCUT2D eigenvalue weighted by Crippen LogP contribution is -2.48. The zero-order valence-electron chi connectivity index (χ0n) is 19.3. The fourth-order valence-corrected chi connectivity index (χ4v) is 4.32. The fraction of sp³-hybridized carbons (Fsp3) is 0.296. The Morgan fingerprint density at radius 1 is 0.971 bits per heavy atom. The van der Waals surface area contributed by atoms with Crippen LogP contribution in [-0.2, 0) is 16.1 Å². The number of hydrogen-bond donors (Lipinski definition) is 2. The molecule has 1 aromatic heterocycles. The van der Waals surface area contributed by atoms with Crippen LogP contribution in [0.25, 0.3) is 0 Å². The van der Waals surface area contributed by atoms with Crippen LogP contribution in [0.15, 0.2) is 77.4 Å². The summed E-state index contributed by atoms with van der Waals surface area (Å²) in [5, 5.41) is 5.63. The summed E-state index contributed by atoms with van der Waals surface area (Å²) in [5.74, 6) is -1.66. The minimum absolute atomic E-state index is 0.0396. The van der Waals surface area contributed by atoms with Gasteiger partial charge in [-0.05, 0) is 48.2 Å². The topological polar surface area (TPSA) is 91.7 Å². The van der Waals surface area contributed by atoms with Crippen molar-refractivity contribution in [2.75, 3.05) is 6.54 Å². The summed E-state index contributed by atoms with van der Waals surface area (Å²) < 4.78 is 18.8. The van der Waals surface area contributed by atoms with Crippen LogP contribution in [0, 0.1) is 5.82 Å². The zero-order chi connectivity index (χ0) is 24.6. The number of hydrogen-bond acceptors (Lipinski definition) is 4. The molecular weight excluding hydrogens is 449 g/mol. The highest BCUT2D eigenvalue weighted by molar-refractivity contribution is 5.95. The molecule has 8 heteroatoms. The highest BCUT2D eigenvalue weighted by atomic mass is 19.1. The van der Waals surface area contributed by atoms with Gasteiger partial charge in [-0.3, -0.25) is 14.4 Å². The number of nitrogens with one attached hydrogen (secondary N) is 2. The van der Waals surface area contributed by atoms with Gasteiger partial charge in [0.2, 0.25) is 11.8 Å². The number of benzene rings is 2.